The summed E-state index contributed by atoms with van der Waals surface area (Å²) < 4.78 is 15.6. The largest absolute Gasteiger partial charge is 0.520 e. The highest BCUT2D eigenvalue weighted by Gasteiger charge is 2.19. The van der Waals surface area contributed by atoms with Crippen molar-refractivity contribution in [2.75, 3.05) is 13.2 Å². The molecule has 0 aliphatic carbocycles. The molecule has 0 aliphatic heterocycles. The molecule has 0 unspecified atom stereocenters. The number of esters is 1. The van der Waals surface area contributed by atoms with Gasteiger partial charge in [0.1, 0.15) is 6.08 Å². The van der Waals surface area contributed by atoms with Gasteiger partial charge in [0.05, 0.1) is 13.2 Å². The van der Waals surface area contributed by atoms with Crippen molar-refractivity contribution in [1.82, 2.24) is 0 Å². The van der Waals surface area contributed by atoms with Gasteiger partial charge in [-0.3, -0.25) is 0 Å². The molecule has 0 heterocycles. The highest BCUT2D eigenvalue weighted by Crippen LogP contribution is 2.11. The van der Waals surface area contributed by atoms with Crippen molar-refractivity contribution >= 4 is 14.3 Å². The molecule has 0 aromatic heterocycles. The third-order valence-electron chi connectivity index (χ3n) is 1.22. The van der Waals surface area contributed by atoms with Gasteiger partial charge in [0.15, 0.2) is 0 Å². The second-order valence-electron chi connectivity index (χ2n) is 3.86. The zero-order chi connectivity index (χ0) is 11.9. The molecule has 88 valence electrons. The minimum atomic E-state index is -1.75. The Balaban J connectivity index is 4.43. The molecule has 5 heteroatoms. The smallest absolute Gasteiger partial charge is 0.337 e. The van der Waals surface area contributed by atoms with E-state index in [0.29, 0.717) is 13.2 Å². The van der Waals surface area contributed by atoms with Crippen molar-refractivity contribution < 1.29 is 18.7 Å². The number of hydrogen-bond acceptors (Lipinski definition) is 4. The summed E-state index contributed by atoms with van der Waals surface area (Å²) in [6, 6.07) is 0. The van der Waals surface area contributed by atoms with Crippen LogP contribution in [0, 0.1) is 0 Å². The number of rotatable bonds is 6. The molecule has 0 amide bonds. The molecule has 0 aromatic rings. The SMILES string of the molecule is CCOC(=O)/C=C(/OCC)O[Si](C)(C)C. The molecular weight excluding hydrogens is 212 g/mol. The van der Waals surface area contributed by atoms with Crippen LogP contribution in [0.25, 0.3) is 0 Å². The minimum Gasteiger partial charge on any atom is -0.520 e. The van der Waals surface area contributed by atoms with Gasteiger partial charge >= 0.3 is 5.97 Å². The van der Waals surface area contributed by atoms with Crippen molar-refractivity contribution in [1.29, 1.82) is 0 Å². The molecule has 4 nitrogen and oxygen atoms in total. The van der Waals surface area contributed by atoms with E-state index in [-0.39, 0.29) is 5.95 Å². The third-order valence-corrected chi connectivity index (χ3v) is 2.03. The van der Waals surface area contributed by atoms with Crippen LogP contribution in [0.4, 0.5) is 0 Å². The number of carbonyl (C=O) groups is 1. The Kier molecular flexibility index (Phi) is 6.08. The number of carbonyl (C=O) groups excluding carboxylic acids is 1. The van der Waals surface area contributed by atoms with Gasteiger partial charge in [-0.25, -0.2) is 4.79 Å². The molecular formula is C10H20O4Si. The Morgan fingerprint density at radius 2 is 1.67 bits per heavy atom. The van der Waals surface area contributed by atoms with E-state index in [1.54, 1.807) is 6.92 Å². The number of ether oxygens (including phenoxy) is 2. The summed E-state index contributed by atoms with van der Waals surface area (Å²) in [6.45, 7) is 10.5. The Labute approximate surface area is 92.3 Å². The summed E-state index contributed by atoms with van der Waals surface area (Å²) in [6.07, 6.45) is 1.26. The van der Waals surface area contributed by atoms with Gasteiger partial charge in [0.25, 0.3) is 5.95 Å². The van der Waals surface area contributed by atoms with Crippen LogP contribution in [0.3, 0.4) is 0 Å². The van der Waals surface area contributed by atoms with Crippen LogP contribution in [0.5, 0.6) is 0 Å². The van der Waals surface area contributed by atoms with E-state index in [1.807, 2.05) is 26.6 Å². The fraction of sp³-hybridized carbons (Fsp3) is 0.700. The first-order chi connectivity index (χ1) is 6.89. The van der Waals surface area contributed by atoms with Crippen molar-refractivity contribution in [2.24, 2.45) is 0 Å². The van der Waals surface area contributed by atoms with Gasteiger partial charge in [-0.1, -0.05) is 0 Å². The predicted molar refractivity (Wildman–Crippen MR) is 60.8 cm³/mol. The molecule has 0 N–H and O–H groups in total. The lowest BCUT2D eigenvalue weighted by molar-refractivity contribution is -0.137. The van der Waals surface area contributed by atoms with E-state index in [1.165, 1.54) is 6.08 Å². The first-order valence-corrected chi connectivity index (χ1v) is 8.50. The maximum atomic E-state index is 11.2. The zero-order valence-corrected chi connectivity index (χ0v) is 11.1. The van der Waals surface area contributed by atoms with E-state index in [4.69, 9.17) is 13.9 Å². The molecule has 0 bridgehead atoms. The van der Waals surface area contributed by atoms with Crippen LogP contribution >= 0.6 is 0 Å². The first kappa shape index (κ1) is 14.0. The van der Waals surface area contributed by atoms with Crippen LogP contribution in [0.15, 0.2) is 12.0 Å². The number of hydrogen-bond donors (Lipinski definition) is 0. The van der Waals surface area contributed by atoms with E-state index in [0.717, 1.165) is 0 Å². The van der Waals surface area contributed by atoms with Crippen molar-refractivity contribution in [3.8, 4) is 0 Å². The van der Waals surface area contributed by atoms with E-state index in [9.17, 15) is 4.79 Å². The first-order valence-electron chi connectivity index (χ1n) is 5.09. The zero-order valence-electron chi connectivity index (χ0n) is 10.1. The van der Waals surface area contributed by atoms with Gasteiger partial charge in [0.2, 0.25) is 8.32 Å². The van der Waals surface area contributed by atoms with Gasteiger partial charge in [-0.05, 0) is 33.5 Å². The van der Waals surface area contributed by atoms with E-state index >= 15 is 0 Å². The lowest BCUT2D eigenvalue weighted by Gasteiger charge is -2.20. The van der Waals surface area contributed by atoms with E-state index < -0.39 is 14.3 Å². The van der Waals surface area contributed by atoms with Gasteiger partial charge < -0.3 is 13.9 Å². The standard InChI is InChI=1S/C10H20O4Si/c1-6-12-9(11)8-10(13-7-2)14-15(3,4)5/h8H,6-7H2,1-5H3/b10-8-. The molecule has 0 radical (unpaired) electrons. The summed E-state index contributed by atoms with van der Waals surface area (Å²) in [4.78, 5) is 11.2. The summed E-state index contributed by atoms with van der Waals surface area (Å²) in [5.41, 5.74) is 0. The van der Waals surface area contributed by atoms with Gasteiger partial charge in [-0.15, -0.1) is 0 Å². The highest BCUT2D eigenvalue weighted by molar-refractivity contribution is 6.70. The Hall–Kier alpha value is -0.973. The maximum absolute atomic E-state index is 11.2. The lowest BCUT2D eigenvalue weighted by atomic mass is 10.6. The van der Waals surface area contributed by atoms with Crippen LogP contribution < -0.4 is 0 Å². The molecule has 0 rings (SSSR count). The molecule has 0 spiro atoms. The fourth-order valence-electron chi connectivity index (χ4n) is 0.825. The average Bonchev–Trinajstić information content (AvgIpc) is 2.01. The Morgan fingerprint density at radius 3 is 2.07 bits per heavy atom. The molecule has 0 saturated heterocycles. The fourth-order valence-corrected chi connectivity index (χ4v) is 1.55. The third kappa shape index (κ3) is 8.05. The lowest BCUT2D eigenvalue weighted by Crippen LogP contribution is -2.26. The molecule has 0 saturated carbocycles. The van der Waals surface area contributed by atoms with E-state index in [2.05, 4.69) is 0 Å². The van der Waals surface area contributed by atoms with Gasteiger partial charge in [0, 0.05) is 0 Å². The molecule has 0 atom stereocenters. The summed E-state index contributed by atoms with van der Waals surface area (Å²) in [5.74, 6) is -0.172. The summed E-state index contributed by atoms with van der Waals surface area (Å²) >= 11 is 0. The normalized spacial score (nSPS) is 12.2. The molecule has 0 fully saturated rings. The Morgan fingerprint density at radius 1 is 1.13 bits per heavy atom. The monoisotopic (exact) mass is 232 g/mol. The molecule has 0 aromatic carbocycles. The predicted octanol–water partition coefficient (Wildman–Crippen LogP) is 2.28. The average molecular weight is 232 g/mol. The second-order valence-corrected chi connectivity index (χ2v) is 8.29. The second kappa shape index (κ2) is 6.50. The van der Waals surface area contributed by atoms with Crippen LogP contribution in [0.1, 0.15) is 13.8 Å². The van der Waals surface area contributed by atoms with Crippen LogP contribution in [-0.2, 0) is 18.7 Å². The molecule has 0 aliphatic rings. The summed E-state index contributed by atoms with van der Waals surface area (Å²) in [7, 11) is -1.75. The van der Waals surface area contributed by atoms with Crippen molar-refractivity contribution in [2.45, 2.75) is 33.5 Å². The highest BCUT2D eigenvalue weighted by atomic mass is 28.4. The minimum absolute atomic E-state index is 0.259. The topological polar surface area (TPSA) is 44.8 Å². The molecule has 15 heavy (non-hydrogen) atoms. The quantitative estimate of drug-likeness (QED) is 0.305. The maximum Gasteiger partial charge on any atom is 0.337 e. The van der Waals surface area contributed by atoms with Crippen LogP contribution in [0.2, 0.25) is 19.6 Å². The van der Waals surface area contributed by atoms with Crippen molar-refractivity contribution in [3.05, 3.63) is 12.0 Å². The van der Waals surface area contributed by atoms with Gasteiger partial charge in [-0.2, -0.15) is 0 Å². The Bertz CT molecular complexity index is 230. The van der Waals surface area contributed by atoms with Crippen LogP contribution in [-0.4, -0.2) is 27.5 Å². The van der Waals surface area contributed by atoms with Crippen molar-refractivity contribution in [3.63, 3.8) is 0 Å². The summed E-state index contributed by atoms with van der Waals surface area (Å²) in [5, 5.41) is 0.